The van der Waals surface area contributed by atoms with E-state index in [1.54, 1.807) is 6.08 Å². The Morgan fingerprint density at radius 1 is 0.923 bits per heavy atom. The monoisotopic (exact) mass is 365 g/mol. The normalized spacial score (nSPS) is 23.8. The molecule has 140 valence electrons. The third kappa shape index (κ3) is 2.39. The molecule has 1 aliphatic carbocycles. The van der Waals surface area contributed by atoms with Crippen LogP contribution >= 0.6 is 0 Å². The van der Waals surface area contributed by atoms with Crippen molar-refractivity contribution in [1.29, 1.82) is 0 Å². The molecule has 2 aliphatic rings. The maximum absolute atomic E-state index is 12.9. The summed E-state index contributed by atoms with van der Waals surface area (Å²) in [6.45, 7) is 0. The van der Waals surface area contributed by atoms with Gasteiger partial charge in [0.2, 0.25) is 0 Å². The van der Waals surface area contributed by atoms with Gasteiger partial charge in [0.25, 0.3) is 0 Å². The van der Waals surface area contributed by atoms with Crippen molar-refractivity contribution >= 4 is 23.9 Å². The molecule has 0 fully saturated rings. The number of methoxy groups -OCH3 is 4. The number of esters is 4. The van der Waals surface area contributed by atoms with Crippen LogP contribution in [-0.4, -0.2) is 70.3 Å². The molecule has 9 nitrogen and oxygen atoms in total. The first-order chi connectivity index (χ1) is 12.3. The van der Waals surface area contributed by atoms with Crippen LogP contribution in [0.1, 0.15) is 0 Å². The number of rotatable bonds is 4. The Morgan fingerprint density at radius 2 is 1.50 bits per heavy atom. The minimum absolute atomic E-state index is 0.148. The molecule has 0 aromatic rings. The molecule has 0 N–H and O–H groups in total. The average Bonchev–Trinajstić information content (AvgIpc) is 2.95. The Kier molecular flexibility index (Phi) is 5.20. The number of likely N-dealkylation sites (N-methyl/N-ethyl adjacent to an activating group) is 1. The Bertz CT molecular complexity index is 763. The van der Waals surface area contributed by atoms with Gasteiger partial charge in [-0.05, 0) is 0 Å². The first-order valence-corrected chi connectivity index (χ1v) is 7.52. The van der Waals surface area contributed by atoms with Crippen molar-refractivity contribution in [1.82, 2.24) is 4.90 Å². The van der Waals surface area contributed by atoms with Crippen LogP contribution in [0.3, 0.4) is 0 Å². The van der Waals surface area contributed by atoms with E-state index in [1.807, 2.05) is 0 Å². The highest BCUT2D eigenvalue weighted by Gasteiger charge is 2.65. The van der Waals surface area contributed by atoms with E-state index in [4.69, 9.17) is 18.9 Å². The molecule has 0 radical (unpaired) electrons. The quantitative estimate of drug-likeness (QED) is 0.491. The lowest BCUT2D eigenvalue weighted by Gasteiger charge is -2.37. The van der Waals surface area contributed by atoms with Crippen molar-refractivity contribution < 1.29 is 38.1 Å². The molecule has 2 rings (SSSR count). The minimum atomic E-state index is -1.93. The highest BCUT2D eigenvalue weighted by molar-refractivity contribution is 6.13. The second-order valence-electron chi connectivity index (χ2n) is 5.52. The second-order valence-corrected chi connectivity index (χ2v) is 5.52. The number of carbonyl (C=O) groups excluding carboxylic acids is 4. The van der Waals surface area contributed by atoms with Crippen molar-refractivity contribution in [2.45, 2.75) is 6.04 Å². The zero-order valence-electron chi connectivity index (χ0n) is 15.0. The third-order valence-electron chi connectivity index (χ3n) is 4.51. The predicted molar refractivity (Wildman–Crippen MR) is 86.3 cm³/mol. The SMILES string of the molecule is COC(=O)C1=CC=C[C@@H]2N(C)C(C(=O)OC)=C(C(=O)OC)[C@@]12C(=O)OC. The lowest BCUT2D eigenvalue weighted by molar-refractivity contribution is -0.155. The fourth-order valence-electron chi connectivity index (χ4n) is 3.43. The molecule has 0 saturated carbocycles. The van der Waals surface area contributed by atoms with Crippen LogP contribution in [0.25, 0.3) is 0 Å². The van der Waals surface area contributed by atoms with E-state index in [0.717, 1.165) is 28.4 Å². The topological polar surface area (TPSA) is 108 Å². The lowest BCUT2D eigenvalue weighted by Crippen LogP contribution is -2.51. The van der Waals surface area contributed by atoms with E-state index < -0.39 is 35.3 Å². The Morgan fingerprint density at radius 3 is 2.00 bits per heavy atom. The van der Waals surface area contributed by atoms with Crippen molar-refractivity contribution in [2.75, 3.05) is 35.5 Å². The maximum atomic E-state index is 12.9. The fraction of sp³-hybridized carbons (Fsp3) is 0.412. The summed E-state index contributed by atoms with van der Waals surface area (Å²) in [6, 6.07) is -0.891. The predicted octanol–water partition coefficient (Wildman–Crippen LogP) is -0.271. The fourth-order valence-corrected chi connectivity index (χ4v) is 3.43. The maximum Gasteiger partial charge on any atom is 0.354 e. The van der Waals surface area contributed by atoms with Crippen LogP contribution in [0, 0.1) is 5.41 Å². The van der Waals surface area contributed by atoms with Crippen LogP contribution in [-0.2, 0) is 38.1 Å². The zero-order valence-corrected chi connectivity index (χ0v) is 15.0. The van der Waals surface area contributed by atoms with E-state index >= 15 is 0 Å². The van der Waals surface area contributed by atoms with Gasteiger partial charge in [0.15, 0.2) is 5.41 Å². The van der Waals surface area contributed by atoms with E-state index in [0.29, 0.717) is 0 Å². The van der Waals surface area contributed by atoms with E-state index in [1.165, 1.54) is 24.1 Å². The van der Waals surface area contributed by atoms with Gasteiger partial charge in [-0.25, -0.2) is 14.4 Å². The van der Waals surface area contributed by atoms with Crippen LogP contribution in [0.15, 0.2) is 35.1 Å². The number of allylic oxidation sites excluding steroid dienone is 2. The van der Waals surface area contributed by atoms with Crippen molar-refractivity contribution in [3.8, 4) is 0 Å². The molecule has 0 saturated heterocycles. The van der Waals surface area contributed by atoms with Gasteiger partial charge < -0.3 is 23.8 Å². The van der Waals surface area contributed by atoms with Gasteiger partial charge >= 0.3 is 23.9 Å². The van der Waals surface area contributed by atoms with Gasteiger partial charge in [-0.3, -0.25) is 4.79 Å². The molecule has 1 aliphatic heterocycles. The lowest BCUT2D eigenvalue weighted by atomic mass is 9.67. The standard InChI is InChI=1S/C17H19NO8/c1-18-10-8-6-7-9(13(19)23-2)17(10,16(22)26-5)11(14(20)24-3)12(18)15(21)25-4/h6-8,10H,1-5H3/t10-,17+/m0/s1. The van der Waals surface area contributed by atoms with Crippen molar-refractivity contribution in [2.24, 2.45) is 5.41 Å². The summed E-state index contributed by atoms with van der Waals surface area (Å²) in [5.41, 5.74) is -2.61. The smallest absolute Gasteiger partial charge is 0.354 e. The van der Waals surface area contributed by atoms with Gasteiger partial charge in [-0.1, -0.05) is 18.2 Å². The van der Waals surface area contributed by atoms with Gasteiger partial charge in [0, 0.05) is 7.05 Å². The van der Waals surface area contributed by atoms with Crippen LogP contribution < -0.4 is 0 Å². The molecule has 0 spiro atoms. The van der Waals surface area contributed by atoms with Gasteiger partial charge in [0.1, 0.15) is 5.70 Å². The summed E-state index contributed by atoms with van der Waals surface area (Å²) in [5, 5.41) is 0. The van der Waals surface area contributed by atoms with Crippen LogP contribution in [0.4, 0.5) is 0 Å². The van der Waals surface area contributed by atoms with Crippen LogP contribution in [0.5, 0.6) is 0 Å². The molecule has 2 atom stereocenters. The summed E-state index contributed by atoms with van der Waals surface area (Å²) >= 11 is 0. The Labute approximate surface area is 149 Å². The highest BCUT2D eigenvalue weighted by Crippen LogP contribution is 2.52. The zero-order chi connectivity index (χ0) is 19.6. The third-order valence-corrected chi connectivity index (χ3v) is 4.51. The van der Waals surface area contributed by atoms with Crippen molar-refractivity contribution in [3.63, 3.8) is 0 Å². The summed E-state index contributed by atoms with van der Waals surface area (Å²) in [5.74, 6) is -3.57. The Balaban J connectivity index is 2.94. The molecule has 0 aromatic carbocycles. The molecule has 1 heterocycles. The molecule has 9 heteroatoms. The number of hydrogen-bond donors (Lipinski definition) is 0. The largest absolute Gasteiger partial charge is 0.468 e. The molecule has 0 aromatic heterocycles. The highest BCUT2D eigenvalue weighted by atomic mass is 16.5. The van der Waals surface area contributed by atoms with E-state index in [9.17, 15) is 19.2 Å². The number of ether oxygens (including phenoxy) is 4. The van der Waals surface area contributed by atoms with Gasteiger partial charge in [-0.15, -0.1) is 0 Å². The minimum Gasteiger partial charge on any atom is -0.468 e. The molecule has 0 bridgehead atoms. The average molecular weight is 365 g/mol. The number of nitrogens with zero attached hydrogens (tertiary/aromatic N) is 1. The van der Waals surface area contributed by atoms with E-state index in [-0.39, 0.29) is 16.8 Å². The molecular weight excluding hydrogens is 346 g/mol. The molecule has 0 unspecified atom stereocenters. The summed E-state index contributed by atoms with van der Waals surface area (Å²) in [6.07, 6.45) is 4.45. The second kappa shape index (κ2) is 7.03. The molecule has 26 heavy (non-hydrogen) atoms. The molecular formula is C17H19NO8. The summed E-state index contributed by atoms with van der Waals surface area (Å²) in [4.78, 5) is 51.6. The summed E-state index contributed by atoms with van der Waals surface area (Å²) < 4.78 is 19.2. The first-order valence-electron chi connectivity index (χ1n) is 7.52. The van der Waals surface area contributed by atoms with Crippen LogP contribution in [0.2, 0.25) is 0 Å². The number of hydrogen-bond acceptors (Lipinski definition) is 9. The van der Waals surface area contributed by atoms with Gasteiger partial charge in [-0.2, -0.15) is 0 Å². The Hall–Kier alpha value is -3.10. The first kappa shape index (κ1) is 19.2. The van der Waals surface area contributed by atoms with Crippen molar-refractivity contribution in [3.05, 3.63) is 35.1 Å². The summed E-state index contributed by atoms with van der Waals surface area (Å²) in [7, 11) is 5.99. The number of carbonyl (C=O) groups is 4. The number of fused-ring (bicyclic) bond motifs is 1. The molecule has 0 amide bonds. The van der Waals surface area contributed by atoms with E-state index in [2.05, 4.69) is 0 Å². The van der Waals surface area contributed by atoms with Gasteiger partial charge in [0.05, 0.1) is 45.6 Å².